The second-order valence-corrected chi connectivity index (χ2v) is 4.93. The van der Waals surface area contributed by atoms with Gasteiger partial charge in [0.05, 0.1) is 12.7 Å². The maximum absolute atomic E-state index is 10.9. The lowest BCUT2D eigenvalue weighted by Gasteiger charge is -2.05. The van der Waals surface area contributed by atoms with Crippen LogP contribution in [0.25, 0.3) is 0 Å². The summed E-state index contributed by atoms with van der Waals surface area (Å²) in [5, 5.41) is 9.19. The lowest BCUT2D eigenvalue weighted by atomic mass is 10.3. The fourth-order valence-corrected chi connectivity index (χ4v) is 2.36. The van der Waals surface area contributed by atoms with E-state index in [9.17, 15) is 4.79 Å². The van der Waals surface area contributed by atoms with Crippen LogP contribution in [0.2, 0.25) is 0 Å². The van der Waals surface area contributed by atoms with Gasteiger partial charge in [0.1, 0.15) is 23.1 Å². The van der Waals surface area contributed by atoms with E-state index in [1.165, 1.54) is 17.4 Å². The molecule has 2 aromatic rings. The van der Waals surface area contributed by atoms with Crippen molar-refractivity contribution in [1.82, 2.24) is 0 Å². The third-order valence-corrected chi connectivity index (χ3v) is 3.42. The second kappa shape index (κ2) is 5.62. The van der Waals surface area contributed by atoms with Crippen molar-refractivity contribution in [2.24, 2.45) is 0 Å². The highest BCUT2D eigenvalue weighted by molar-refractivity contribution is 7.16. The summed E-state index contributed by atoms with van der Waals surface area (Å²) in [6, 6.07) is 8.69. The number of nitrogen functional groups attached to an aromatic ring is 1. The number of aromatic carboxylic acids is 1. The summed E-state index contributed by atoms with van der Waals surface area (Å²) < 4.78 is 10.6. The van der Waals surface area contributed by atoms with Gasteiger partial charge in [-0.3, -0.25) is 0 Å². The van der Waals surface area contributed by atoms with Gasteiger partial charge in [0.2, 0.25) is 0 Å². The number of methoxy groups -OCH3 is 1. The van der Waals surface area contributed by atoms with Crippen LogP contribution in [0.15, 0.2) is 30.3 Å². The second-order valence-electron chi connectivity index (χ2n) is 3.76. The Labute approximate surface area is 114 Å². The van der Waals surface area contributed by atoms with Crippen molar-refractivity contribution in [3.63, 3.8) is 0 Å². The highest BCUT2D eigenvalue weighted by Crippen LogP contribution is 2.26. The summed E-state index contributed by atoms with van der Waals surface area (Å²) in [4.78, 5) is 11.6. The molecule has 0 bridgehead atoms. The molecule has 1 aromatic heterocycles. The Morgan fingerprint density at radius 1 is 1.32 bits per heavy atom. The standard InChI is InChI=1S/C13H13NO4S/c1-17-8-2-4-9(5-3-8)18-7-10-6-11(13(15)16)12(14)19-10/h2-6H,7,14H2,1H3,(H,15,16). The first-order valence-electron chi connectivity index (χ1n) is 5.48. The number of nitrogens with two attached hydrogens (primary N) is 1. The minimum atomic E-state index is -1.02. The van der Waals surface area contributed by atoms with Crippen molar-refractivity contribution in [2.75, 3.05) is 12.8 Å². The van der Waals surface area contributed by atoms with Gasteiger partial charge in [0, 0.05) is 4.88 Å². The van der Waals surface area contributed by atoms with Gasteiger partial charge in [-0.05, 0) is 30.3 Å². The molecule has 1 heterocycles. The molecule has 0 saturated heterocycles. The summed E-state index contributed by atoms with van der Waals surface area (Å²) in [5.74, 6) is 0.412. The lowest BCUT2D eigenvalue weighted by Crippen LogP contribution is -1.97. The monoisotopic (exact) mass is 279 g/mol. The molecule has 0 unspecified atom stereocenters. The molecule has 6 heteroatoms. The van der Waals surface area contributed by atoms with Crippen LogP contribution in [0.1, 0.15) is 15.2 Å². The molecule has 100 valence electrons. The van der Waals surface area contributed by atoms with E-state index in [4.69, 9.17) is 20.3 Å². The van der Waals surface area contributed by atoms with Gasteiger partial charge in [-0.2, -0.15) is 0 Å². The Balaban J connectivity index is 2.01. The molecule has 0 fully saturated rings. The van der Waals surface area contributed by atoms with E-state index >= 15 is 0 Å². The maximum Gasteiger partial charge on any atom is 0.338 e. The molecule has 0 aliphatic carbocycles. The van der Waals surface area contributed by atoms with E-state index in [2.05, 4.69) is 0 Å². The number of rotatable bonds is 5. The Bertz CT molecular complexity index is 577. The molecular formula is C13H13NO4S. The average Bonchev–Trinajstić information content (AvgIpc) is 2.78. The normalized spacial score (nSPS) is 10.2. The number of thiophene rings is 1. The summed E-state index contributed by atoms with van der Waals surface area (Å²) >= 11 is 1.22. The summed E-state index contributed by atoms with van der Waals surface area (Å²) in [5.41, 5.74) is 5.74. The minimum absolute atomic E-state index is 0.123. The molecule has 1 aromatic carbocycles. The summed E-state index contributed by atoms with van der Waals surface area (Å²) in [6.07, 6.45) is 0. The first kappa shape index (κ1) is 13.2. The number of hydrogen-bond acceptors (Lipinski definition) is 5. The Kier molecular flexibility index (Phi) is 3.91. The molecule has 2 rings (SSSR count). The van der Waals surface area contributed by atoms with Crippen molar-refractivity contribution in [2.45, 2.75) is 6.61 Å². The van der Waals surface area contributed by atoms with Gasteiger partial charge in [0.15, 0.2) is 0 Å². The van der Waals surface area contributed by atoms with Gasteiger partial charge < -0.3 is 20.3 Å². The van der Waals surface area contributed by atoms with Crippen LogP contribution in [-0.4, -0.2) is 18.2 Å². The smallest absolute Gasteiger partial charge is 0.338 e. The fourth-order valence-electron chi connectivity index (χ4n) is 1.52. The van der Waals surface area contributed by atoms with Crippen molar-refractivity contribution < 1.29 is 19.4 Å². The predicted octanol–water partition coefficient (Wildman–Crippen LogP) is 2.62. The molecule has 0 saturated carbocycles. The van der Waals surface area contributed by atoms with Gasteiger partial charge in [-0.1, -0.05) is 0 Å². The van der Waals surface area contributed by atoms with Gasteiger partial charge in [-0.15, -0.1) is 11.3 Å². The third-order valence-electron chi connectivity index (χ3n) is 2.48. The zero-order chi connectivity index (χ0) is 13.8. The largest absolute Gasteiger partial charge is 0.497 e. The van der Waals surface area contributed by atoms with Crippen LogP contribution in [0.5, 0.6) is 11.5 Å². The minimum Gasteiger partial charge on any atom is -0.497 e. The zero-order valence-electron chi connectivity index (χ0n) is 10.3. The fraction of sp³-hybridized carbons (Fsp3) is 0.154. The van der Waals surface area contributed by atoms with E-state index in [1.807, 2.05) is 0 Å². The molecule has 0 atom stereocenters. The molecular weight excluding hydrogens is 266 g/mol. The summed E-state index contributed by atoms with van der Waals surface area (Å²) in [7, 11) is 1.59. The molecule has 0 spiro atoms. The van der Waals surface area contributed by atoms with Crippen molar-refractivity contribution in [3.05, 3.63) is 40.8 Å². The topological polar surface area (TPSA) is 81.8 Å². The molecule has 0 amide bonds. The molecule has 3 N–H and O–H groups in total. The quantitative estimate of drug-likeness (QED) is 0.879. The molecule has 0 radical (unpaired) electrons. The maximum atomic E-state index is 10.9. The van der Waals surface area contributed by atoms with Crippen LogP contribution >= 0.6 is 11.3 Å². The number of ether oxygens (including phenoxy) is 2. The van der Waals surface area contributed by atoms with E-state index in [-0.39, 0.29) is 12.2 Å². The molecule has 5 nitrogen and oxygen atoms in total. The lowest BCUT2D eigenvalue weighted by molar-refractivity contribution is 0.0698. The first-order chi connectivity index (χ1) is 9.10. The van der Waals surface area contributed by atoms with Crippen LogP contribution < -0.4 is 15.2 Å². The highest BCUT2D eigenvalue weighted by Gasteiger charge is 2.12. The number of hydrogen-bond donors (Lipinski definition) is 2. The van der Waals surface area contributed by atoms with Crippen LogP contribution in [0.4, 0.5) is 5.00 Å². The van der Waals surface area contributed by atoms with E-state index in [0.717, 1.165) is 10.6 Å². The summed E-state index contributed by atoms with van der Waals surface area (Å²) in [6.45, 7) is 0.286. The predicted molar refractivity (Wildman–Crippen MR) is 73.0 cm³/mol. The third kappa shape index (κ3) is 3.17. The Morgan fingerprint density at radius 3 is 2.47 bits per heavy atom. The Hall–Kier alpha value is -2.21. The van der Waals surface area contributed by atoms with E-state index in [0.29, 0.717) is 10.8 Å². The van der Waals surface area contributed by atoms with E-state index in [1.54, 1.807) is 31.4 Å². The van der Waals surface area contributed by atoms with Crippen LogP contribution in [0, 0.1) is 0 Å². The van der Waals surface area contributed by atoms with Crippen LogP contribution in [-0.2, 0) is 6.61 Å². The molecule has 19 heavy (non-hydrogen) atoms. The Morgan fingerprint density at radius 2 is 1.95 bits per heavy atom. The van der Waals surface area contributed by atoms with Crippen molar-refractivity contribution >= 4 is 22.3 Å². The average molecular weight is 279 g/mol. The van der Waals surface area contributed by atoms with Crippen molar-refractivity contribution in [1.29, 1.82) is 0 Å². The van der Waals surface area contributed by atoms with E-state index < -0.39 is 5.97 Å². The molecule has 0 aliphatic rings. The highest BCUT2D eigenvalue weighted by atomic mass is 32.1. The van der Waals surface area contributed by atoms with Crippen molar-refractivity contribution in [3.8, 4) is 11.5 Å². The number of carboxylic acids is 1. The number of carboxylic acid groups (broad SMARTS) is 1. The van der Waals surface area contributed by atoms with Gasteiger partial charge in [0.25, 0.3) is 0 Å². The number of benzene rings is 1. The van der Waals surface area contributed by atoms with Crippen LogP contribution in [0.3, 0.4) is 0 Å². The van der Waals surface area contributed by atoms with Gasteiger partial charge >= 0.3 is 5.97 Å². The number of anilines is 1. The number of carbonyl (C=O) groups is 1. The van der Waals surface area contributed by atoms with Gasteiger partial charge in [-0.25, -0.2) is 4.79 Å². The zero-order valence-corrected chi connectivity index (χ0v) is 11.1. The molecule has 0 aliphatic heterocycles. The SMILES string of the molecule is COc1ccc(OCc2cc(C(=O)O)c(N)s2)cc1. The first-order valence-corrected chi connectivity index (χ1v) is 6.30.